The first-order valence-electron chi connectivity index (χ1n) is 9.05. The van der Waals surface area contributed by atoms with E-state index in [9.17, 15) is 20.2 Å². The number of rotatable bonds is 8. The van der Waals surface area contributed by atoms with Crippen molar-refractivity contribution in [2.24, 2.45) is 0 Å². The maximum Gasteiger partial charge on any atom is 0.256 e. The molecular weight excluding hydrogens is 400 g/mol. The van der Waals surface area contributed by atoms with Crippen molar-refractivity contribution in [1.82, 2.24) is 0 Å². The Morgan fingerprint density at radius 3 is 1.97 bits per heavy atom. The second-order valence-electron chi connectivity index (χ2n) is 6.78. The van der Waals surface area contributed by atoms with Crippen molar-refractivity contribution < 1.29 is 33.5 Å². The van der Waals surface area contributed by atoms with E-state index in [-0.39, 0.29) is 13.6 Å². The summed E-state index contributed by atoms with van der Waals surface area (Å²) in [5.41, 5.74) is 0.845. The smallest absolute Gasteiger partial charge is 0.256 e. The molecule has 0 radical (unpaired) electrons. The number of hydrogen-bond donors (Lipinski definition) is 0. The molecule has 2 aliphatic heterocycles. The van der Waals surface area contributed by atoms with Crippen molar-refractivity contribution in [3.63, 3.8) is 0 Å². The van der Waals surface area contributed by atoms with Crippen LogP contribution >= 0.6 is 0 Å². The maximum absolute atomic E-state index is 12.1. The number of fused-ring (bicyclic) bond motifs is 2. The molecule has 2 aromatic rings. The zero-order chi connectivity index (χ0) is 21.3. The molecule has 0 fully saturated rings. The lowest BCUT2D eigenvalue weighted by molar-refractivity contribution is -0.558. The lowest BCUT2D eigenvalue weighted by Gasteiger charge is -2.25. The Balaban J connectivity index is 1.74. The van der Waals surface area contributed by atoms with Gasteiger partial charge in [0, 0.05) is 17.0 Å². The highest BCUT2D eigenvalue weighted by Crippen LogP contribution is 2.41. The van der Waals surface area contributed by atoms with Gasteiger partial charge in [-0.1, -0.05) is 12.1 Å². The molecule has 4 rings (SSSR count). The fraction of sp³-hybridized carbons (Fsp3) is 0.368. The Bertz CT molecular complexity index is 980. The molecule has 3 unspecified atom stereocenters. The van der Waals surface area contributed by atoms with Gasteiger partial charge < -0.3 is 23.7 Å². The molecule has 30 heavy (non-hydrogen) atoms. The highest BCUT2D eigenvalue weighted by atomic mass is 16.7. The average molecular weight is 418 g/mol. The number of hydrogen-bond acceptors (Lipinski definition) is 9. The molecule has 0 bridgehead atoms. The molecular formula is C19H18N2O9. The Kier molecular flexibility index (Phi) is 5.27. The van der Waals surface area contributed by atoms with Gasteiger partial charge in [-0.25, -0.2) is 0 Å². The van der Waals surface area contributed by atoms with Gasteiger partial charge in [0.2, 0.25) is 20.1 Å². The molecule has 0 amide bonds. The topological polar surface area (TPSA) is 132 Å². The number of ether oxygens (including phenoxy) is 5. The molecule has 2 aliphatic rings. The van der Waals surface area contributed by atoms with Crippen LogP contribution in [0, 0.1) is 20.2 Å². The molecule has 0 aliphatic carbocycles. The maximum atomic E-state index is 12.1. The van der Waals surface area contributed by atoms with Crippen LogP contribution in [0.25, 0.3) is 0 Å². The van der Waals surface area contributed by atoms with Gasteiger partial charge in [-0.3, -0.25) is 20.2 Å². The van der Waals surface area contributed by atoms with Crippen LogP contribution in [0.1, 0.15) is 23.1 Å². The summed E-state index contributed by atoms with van der Waals surface area (Å²) < 4.78 is 26.7. The third kappa shape index (κ3) is 3.66. The predicted molar refractivity (Wildman–Crippen MR) is 100 cm³/mol. The summed E-state index contributed by atoms with van der Waals surface area (Å²) in [4.78, 5) is 22.4. The summed E-state index contributed by atoms with van der Waals surface area (Å²) in [6.07, 6.45) is -1.06. The average Bonchev–Trinajstić information content (AvgIpc) is 3.37. The molecule has 0 aromatic heterocycles. The summed E-state index contributed by atoms with van der Waals surface area (Å²) in [6.45, 7) is -0.582. The highest BCUT2D eigenvalue weighted by Gasteiger charge is 2.45. The van der Waals surface area contributed by atoms with Crippen LogP contribution in [0.15, 0.2) is 36.4 Å². The largest absolute Gasteiger partial charge is 0.454 e. The minimum Gasteiger partial charge on any atom is -0.454 e. The Labute approximate surface area is 170 Å². The van der Waals surface area contributed by atoms with Gasteiger partial charge in [0.15, 0.2) is 29.1 Å². The summed E-state index contributed by atoms with van der Waals surface area (Å²) in [5.74, 6) is 0.740. The molecule has 2 aromatic carbocycles. The van der Waals surface area contributed by atoms with Gasteiger partial charge in [0.25, 0.3) is 6.04 Å². The lowest BCUT2D eigenvalue weighted by Crippen LogP contribution is -2.38. The van der Waals surface area contributed by atoms with Crippen molar-refractivity contribution in [2.45, 2.75) is 18.1 Å². The molecule has 2 heterocycles. The summed E-state index contributed by atoms with van der Waals surface area (Å²) in [5, 5.41) is 23.5. The van der Waals surface area contributed by atoms with Gasteiger partial charge in [-0.15, -0.1) is 0 Å². The van der Waals surface area contributed by atoms with Gasteiger partial charge in [-0.2, -0.15) is 0 Å². The summed E-state index contributed by atoms with van der Waals surface area (Å²) in [6, 6.07) is 8.11. The van der Waals surface area contributed by atoms with Crippen molar-refractivity contribution >= 4 is 0 Å². The van der Waals surface area contributed by atoms with Crippen molar-refractivity contribution in [3.05, 3.63) is 67.8 Å². The quantitative estimate of drug-likeness (QED) is 0.468. The fourth-order valence-corrected chi connectivity index (χ4v) is 3.75. The molecule has 0 N–H and O–H groups in total. The predicted octanol–water partition coefficient (Wildman–Crippen LogP) is 2.54. The van der Waals surface area contributed by atoms with E-state index in [0.29, 0.717) is 34.1 Å². The molecule has 0 spiro atoms. The van der Waals surface area contributed by atoms with Crippen LogP contribution in [0.5, 0.6) is 23.0 Å². The SMILES string of the molecule is COC(c1ccc2c(c1)OCO2)C(C(C[N+](=O)[O-])c1ccc2c(c1)OCO2)[N+](=O)[O-]. The second-order valence-corrected chi connectivity index (χ2v) is 6.78. The van der Waals surface area contributed by atoms with E-state index in [1.807, 2.05) is 0 Å². The van der Waals surface area contributed by atoms with Crippen LogP contribution < -0.4 is 18.9 Å². The van der Waals surface area contributed by atoms with Gasteiger partial charge in [0.1, 0.15) is 5.92 Å². The van der Waals surface area contributed by atoms with Crippen LogP contribution in [-0.2, 0) is 4.74 Å². The first-order chi connectivity index (χ1) is 14.5. The van der Waals surface area contributed by atoms with Crippen LogP contribution in [-0.4, -0.2) is 43.1 Å². The molecule has 3 atom stereocenters. The van der Waals surface area contributed by atoms with E-state index in [4.69, 9.17) is 23.7 Å². The van der Waals surface area contributed by atoms with Gasteiger partial charge >= 0.3 is 0 Å². The minimum atomic E-state index is -1.44. The van der Waals surface area contributed by atoms with Crippen LogP contribution in [0.2, 0.25) is 0 Å². The lowest BCUT2D eigenvalue weighted by atomic mass is 9.85. The van der Waals surface area contributed by atoms with E-state index in [0.717, 1.165) is 0 Å². The Hall–Kier alpha value is -3.60. The first-order valence-corrected chi connectivity index (χ1v) is 9.05. The van der Waals surface area contributed by atoms with E-state index < -0.39 is 34.5 Å². The van der Waals surface area contributed by atoms with Crippen molar-refractivity contribution in [3.8, 4) is 23.0 Å². The molecule has 158 valence electrons. The number of benzene rings is 2. The van der Waals surface area contributed by atoms with E-state index in [1.54, 1.807) is 36.4 Å². The molecule has 0 saturated carbocycles. The van der Waals surface area contributed by atoms with Gasteiger partial charge in [0.05, 0.1) is 0 Å². The number of nitrogens with zero attached hydrogens (tertiary/aromatic N) is 2. The van der Waals surface area contributed by atoms with Crippen molar-refractivity contribution in [2.75, 3.05) is 27.2 Å². The third-order valence-corrected chi connectivity index (χ3v) is 5.12. The normalized spacial score (nSPS) is 16.7. The molecule has 0 saturated heterocycles. The zero-order valence-electron chi connectivity index (χ0n) is 15.9. The fourth-order valence-electron chi connectivity index (χ4n) is 3.75. The Morgan fingerprint density at radius 1 is 0.900 bits per heavy atom. The first kappa shape index (κ1) is 19.7. The Morgan fingerprint density at radius 2 is 1.43 bits per heavy atom. The summed E-state index contributed by atoms with van der Waals surface area (Å²) >= 11 is 0. The highest BCUT2D eigenvalue weighted by molar-refractivity contribution is 5.47. The van der Waals surface area contributed by atoms with Crippen molar-refractivity contribution in [1.29, 1.82) is 0 Å². The third-order valence-electron chi connectivity index (χ3n) is 5.12. The number of nitro groups is 2. The van der Waals surface area contributed by atoms with E-state index >= 15 is 0 Å². The van der Waals surface area contributed by atoms with Gasteiger partial charge in [-0.05, 0) is 35.4 Å². The molecule has 11 nitrogen and oxygen atoms in total. The zero-order valence-corrected chi connectivity index (χ0v) is 15.9. The number of methoxy groups -OCH3 is 1. The van der Waals surface area contributed by atoms with E-state index in [2.05, 4.69) is 0 Å². The monoisotopic (exact) mass is 418 g/mol. The van der Waals surface area contributed by atoms with Crippen LogP contribution in [0.4, 0.5) is 0 Å². The van der Waals surface area contributed by atoms with Crippen LogP contribution in [0.3, 0.4) is 0 Å². The standard InChI is InChI=1S/C19H18N2O9/c1-26-19(12-3-5-15-17(7-12)30-10-28-15)18(21(24)25)13(8-20(22)23)11-2-4-14-16(6-11)29-9-27-14/h2-7,13,18-19H,8-10H2,1H3. The summed E-state index contributed by atoms with van der Waals surface area (Å²) in [7, 11) is 1.33. The second kappa shape index (κ2) is 8.03. The van der Waals surface area contributed by atoms with E-state index in [1.165, 1.54) is 7.11 Å². The minimum absolute atomic E-state index is 0.0231. The molecule has 11 heteroatoms.